The maximum Gasteiger partial charge on any atom is 0.198 e. The molecule has 26 heavy (non-hydrogen) atoms. The molecule has 9 heteroatoms. The van der Waals surface area contributed by atoms with Crippen LogP contribution in [0.3, 0.4) is 0 Å². The van der Waals surface area contributed by atoms with Crippen LogP contribution in [-0.2, 0) is 0 Å². The first-order valence-corrected chi connectivity index (χ1v) is 7.53. The van der Waals surface area contributed by atoms with E-state index in [2.05, 4.69) is 20.2 Å². The van der Waals surface area contributed by atoms with E-state index < -0.39 is 5.92 Å². The Morgan fingerprint density at radius 1 is 0.962 bits per heavy atom. The molecular formula is C17H14N8O. The van der Waals surface area contributed by atoms with Gasteiger partial charge in [0.05, 0.1) is 17.3 Å². The minimum Gasteiger partial charge on any atom is -0.446 e. The molecular weight excluding hydrogens is 332 g/mol. The van der Waals surface area contributed by atoms with Gasteiger partial charge >= 0.3 is 0 Å². The zero-order valence-corrected chi connectivity index (χ0v) is 13.5. The lowest BCUT2D eigenvalue weighted by Gasteiger charge is -2.22. The number of pyridine rings is 1. The standard InChI is InChI=1S/C17H14N8O/c18-9-26-11-6-4-10(5-7-11)13-14(19)16(21)23-17(15(13)20)25-24-12-3-1-2-8-22-12/h1-9,13,18-21H/t13-/m0/s1. The Balaban J connectivity index is 1.90. The van der Waals surface area contributed by atoms with Gasteiger partial charge in [-0.15, -0.1) is 10.2 Å². The van der Waals surface area contributed by atoms with Crippen molar-refractivity contribution < 1.29 is 4.74 Å². The largest absolute Gasteiger partial charge is 0.446 e. The minimum atomic E-state index is -0.772. The summed E-state index contributed by atoms with van der Waals surface area (Å²) in [7, 11) is 0. The second kappa shape index (κ2) is 7.34. The van der Waals surface area contributed by atoms with Crippen molar-refractivity contribution >= 4 is 35.3 Å². The summed E-state index contributed by atoms with van der Waals surface area (Å²) in [6, 6.07) is 11.8. The lowest BCUT2D eigenvalue weighted by molar-refractivity contribution is 0.569. The third-order valence-corrected chi connectivity index (χ3v) is 3.60. The molecule has 1 aromatic carbocycles. The fourth-order valence-corrected chi connectivity index (χ4v) is 2.36. The molecule has 0 saturated heterocycles. The Morgan fingerprint density at radius 2 is 1.73 bits per heavy atom. The fraction of sp³-hybridized carbons (Fsp3) is 0.0588. The van der Waals surface area contributed by atoms with Gasteiger partial charge in [-0.1, -0.05) is 18.2 Å². The van der Waals surface area contributed by atoms with E-state index in [0.29, 0.717) is 17.1 Å². The van der Waals surface area contributed by atoms with Gasteiger partial charge < -0.3 is 15.6 Å². The summed E-state index contributed by atoms with van der Waals surface area (Å²) in [4.78, 5) is 7.90. The van der Waals surface area contributed by atoms with Crippen molar-refractivity contribution in [2.24, 2.45) is 15.2 Å². The number of nitrogens with one attached hydrogen (secondary N) is 4. The van der Waals surface area contributed by atoms with Crippen LogP contribution in [0.15, 0.2) is 63.9 Å². The molecule has 4 N–H and O–H groups in total. The van der Waals surface area contributed by atoms with Gasteiger partial charge in [-0.25, -0.2) is 9.98 Å². The van der Waals surface area contributed by atoms with Crippen molar-refractivity contribution in [3.05, 3.63) is 54.2 Å². The van der Waals surface area contributed by atoms with Crippen molar-refractivity contribution in [1.29, 1.82) is 21.6 Å². The zero-order valence-electron chi connectivity index (χ0n) is 13.5. The van der Waals surface area contributed by atoms with E-state index in [-0.39, 0.29) is 23.1 Å². The first-order chi connectivity index (χ1) is 12.6. The van der Waals surface area contributed by atoms with E-state index in [9.17, 15) is 0 Å². The van der Waals surface area contributed by atoms with Crippen LogP contribution in [0.25, 0.3) is 0 Å². The maximum absolute atomic E-state index is 8.35. The van der Waals surface area contributed by atoms with Crippen LogP contribution in [0.2, 0.25) is 0 Å². The Kier molecular flexibility index (Phi) is 4.79. The monoisotopic (exact) mass is 346 g/mol. The number of hydrogen-bond donors (Lipinski definition) is 4. The molecule has 1 aliphatic heterocycles. The van der Waals surface area contributed by atoms with Gasteiger partial charge in [0, 0.05) is 6.20 Å². The molecule has 0 aliphatic carbocycles. The van der Waals surface area contributed by atoms with Gasteiger partial charge in [-0.3, -0.25) is 10.8 Å². The van der Waals surface area contributed by atoms with Gasteiger partial charge in [0.25, 0.3) is 0 Å². The normalized spacial score (nSPS) is 17.3. The summed E-state index contributed by atoms with van der Waals surface area (Å²) in [6.07, 6.45) is 2.39. The van der Waals surface area contributed by atoms with E-state index in [4.69, 9.17) is 26.4 Å². The third kappa shape index (κ3) is 3.46. The Labute approximate surface area is 148 Å². The highest BCUT2D eigenvalue weighted by Gasteiger charge is 2.33. The average Bonchev–Trinajstić information content (AvgIpc) is 2.66. The summed E-state index contributed by atoms with van der Waals surface area (Å²) >= 11 is 0. The van der Waals surface area contributed by atoms with Gasteiger partial charge in [0.15, 0.2) is 23.9 Å². The molecule has 1 aliphatic rings. The molecule has 9 nitrogen and oxygen atoms in total. The van der Waals surface area contributed by atoms with E-state index in [1.807, 2.05) is 0 Å². The number of rotatable bonds is 4. The second-order valence-electron chi connectivity index (χ2n) is 5.24. The summed E-state index contributed by atoms with van der Waals surface area (Å²) < 4.78 is 4.96. The SMILES string of the molecule is N=COc1ccc([C@H]2C(=N)C(=N)N=C(N=Nc3ccccn3)C2=N)cc1. The van der Waals surface area contributed by atoms with Crippen LogP contribution < -0.4 is 4.74 Å². The topological polar surface area (TPSA) is 155 Å². The summed E-state index contributed by atoms with van der Waals surface area (Å²) in [6.45, 7) is 0. The van der Waals surface area contributed by atoms with Crippen molar-refractivity contribution in [1.82, 2.24) is 4.98 Å². The number of aromatic nitrogens is 1. The molecule has 2 aromatic rings. The molecule has 128 valence electrons. The molecule has 2 heterocycles. The van der Waals surface area contributed by atoms with E-state index in [1.54, 1.807) is 48.7 Å². The van der Waals surface area contributed by atoms with Gasteiger partial charge in [-0.2, -0.15) is 0 Å². The second-order valence-corrected chi connectivity index (χ2v) is 5.24. The molecule has 1 atom stereocenters. The molecule has 0 spiro atoms. The number of benzene rings is 1. The Bertz CT molecular complexity index is 931. The Morgan fingerprint density at radius 3 is 2.38 bits per heavy atom. The molecule has 3 rings (SSSR count). The summed E-state index contributed by atoms with van der Waals surface area (Å²) in [5.74, 6) is -0.231. The lowest BCUT2D eigenvalue weighted by atomic mass is 9.86. The van der Waals surface area contributed by atoms with E-state index in [0.717, 1.165) is 6.40 Å². The van der Waals surface area contributed by atoms with Gasteiger partial charge in [0.2, 0.25) is 0 Å². The molecule has 1 aromatic heterocycles. The highest BCUT2D eigenvalue weighted by atomic mass is 16.5. The number of azo groups is 1. The first-order valence-electron chi connectivity index (χ1n) is 7.53. The van der Waals surface area contributed by atoms with Crippen LogP contribution >= 0.6 is 0 Å². The summed E-state index contributed by atoms with van der Waals surface area (Å²) in [5.41, 5.74) is 0.515. The number of nitrogens with zero attached hydrogens (tertiary/aromatic N) is 4. The number of ether oxygens (including phenoxy) is 1. The quantitative estimate of drug-likeness (QED) is 0.381. The first kappa shape index (κ1) is 17.0. The molecule has 0 radical (unpaired) electrons. The van der Waals surface area contributed by atoms with Crippen molar-refractivity contribution in [2.45, 2.75) is 5.92 Å². The van der Waals surface area contributed by atoms with Gasteiger partial charge in [0.1, 0.15) is 5.75 Å². The Hall–Kier alpha value is -3.88. The van der Waals surface area contributed by atoms with Crippen LogP contribution in [0.1, 0.15) is 11.5 Å². The van der Waals surface area contributed by atoms with Crippen LogP contribution in [0.4, 0.5) is 5.82 Å². The summed E-state index contributed by atoms with van der Waals surface area (Å²) in [5, 5.41) is 39.2. The van der Waals surface area contributed by atoms with Crippen LogP contribution in [0.5, 0.6) is 5.75 Å². The third-order valence-electron chi connectivity index (χ3n) is 3.60. The van der Waals surface area contributed by atoms with Gasteiger partial charge in [-0.05, 0) is 29.8 Å². The highest BCUT2D eigenvalue weighted by Crippen LogP contribution is 2.26. The number of hydrogen-bond acceptors (Lipinski definition) is 8. The predicted molar refractivity (Wildman–Crippen MR) is 98.0 cm³/mol. The molecule has 0 fully saturated rings. The zero-order chi connectivity index (χ0) is 18.5. The predicted octanol–water partition coefficient (Wildman–Crippen LogP) is 3.36. The van der Waals surface area contributed by atoms with E-state index >= 15 is 0 Å². The van der Waals surface area contributed by atoms with Crippen LogP contribution in [0, 0.1) is 21.6 Å². The number of amidine groups is 2. The highest BCUT2D eigenvalue weighted by molar-refractivity contribution is 6.60. The fourth-order valence-electron chi connectivity index (χ4n) is 2.36. The molecule has 0 amide bonds. The molecule has 0 saturated carbocycles. The van der Waals surface area contributed by atoms with Crippen molar-refractivity contribution in [3.63, 3.8) is 0 Å². The molecule has 0 bridgehead atoms. The van der Waals surface area contributed by atoms with Crippen molar-refractivity contribution in [2.75, 3.05) is 0 Å². The minimum absolute atomic E-state index is 0.0218. The van der Waals surface area contributed by atoms with Crippen LogP contribution in [-0.4, -0.2) is 34.5 Å². The number of aliphatic imine (C=N–C) groups is 1. The lowest BCUT2D eigenvalue weighted by Crippen LogP contribution is -2.36. The smallest absolute Gasteiger partial charge is 0.198 e. The maximum atomic E-state index is 8.35. The van der Waals surface area contributed by atoms with Crippen molar-refractivity contribution in [3.8, 4) is 5.75 Å². The average molecular weight is 346 g/mol. The molecule has 0 unspecified atom stereocenters. The van der Waals surface area contributed by atoms with E-state index in [1.165, 1.54) is 0 Å².